The molecule has 8 heteroatoms. The van der Waals surface area contributed by atoms with Crippen molar-refractivity contribution in [3.05, 3.63) is 30.1 Å². The van der Waals surface area contributed by atoms with Crippen LogP contribution in [0.5, 0.6) is 0 Å². The number of rotatable bonds is 3. The van der Waals surface area contributed by atoms with Crippen molar-refractivity contribution in [1.29, 1.82) is 0 Å². The number of nitrogens with one attached hydrogen (secondary N) is 1. The zero-order valence-corrected chi connectivity index (χ0v) is 13.5. The molecule has 128 valence electrons. The molecule has 1 amide bonds. The van der Waals surface area contributed by atoms with E-state index in [4.69, 9.17) is 9.47 Å². The predicted molar refractivity (Wildman–Crippen MR) is 85.1 cm³/mol. The molecule has 0 radical (unpaired) electrons. The average Bonchev–Trinajstić information content (AvgIpc) is 2.62. The van der Waals surface area contributed by atoms with Gasteiger partial charge in [-0.3, -0.25) is 19.9 Å². The third-order valence-corrected chi connectivity index (χ3v) is 3.97. The van der Waals surface area contributed by atoms with E-state index in [1.165, 1.54) is 0 Å². The van der Waals surface area contributed by atoms with E-state index in [-0.39, 0.29) is 6.61 Å². The average molecular weight is 332 g/mol. The molecule has 8 nitrogen and oxygen atoms in total. The third-order valence-electron chi connectivity index (χ3n) is 3.97. The lowest BCUT2D eigenvalue weighted by Crippen LogP contribution is -2.55. The van der Waals surface area contributed by atoms with E-state index in [9.17, 15) is 9.59 Å². The molecule has 0 spiro atoms. The molecule has 0 aromatic carbocycles. The highest BCUT2D eigenvalue weighted by Gasteiger charge is 2.42. The number of carbonyl (C=O) groups is 2. The number of morpholine rings is 1. The topological polar surface area (TPSA) is 93.1 Å². The fourth-order valence-corrected chi connectivity index (χ4v) is 2.79. The van der Waals surface area contributed by atoms with Crippen molar-refractivity contribution in [2.75, 3.05) is 32.9 Å². The van der Waals surface area contributed by atoms with Crippen LogP contribution in [-0.4, -0.2) is 60.6 Å². The van der Waals surface area contributed by atoms with Crippen molar-refractivity contribution in [3.63, 3.8) is 0 Å². The number of hydrogen-bond donors (Lipinski definition) is 1. The van der Waals surface area contributed by atoms with Gasteiger partial charge in [-0.25, -0.2) is 4.99 Å². The molecule has 2 unspecified atom stereocenters. The molecule has 1 fully saturated rings. The lowest BCUT2D eigenvalue weighted by molar-refractivity contribution is -0.153. The molecule has 0 aliphatic carbocycles. The van der Waals surface area contributed by atoms with Crippen LogP contribution >= 0.6 is 0 Å². The summed E-state index contributed by atoms with van der Waals surface area (Å²) in [6.07, 6.45) is 3.26. The number of aromatic nitrogens is 1. The third kappa shape index (κ3) is 3.38. The minimum absolute atomic E-state index is 0.211. The summed E-state index contributed by atoms with van der Waals surface area (Å²) >= 11 is 0. The fraction of sp³-hybridized carbons (Fsp3) is 0.500. The number of ether oxygens (including phenoxy) is 2. The molecule has 1 saturated heterocycles. The zero-order valence-electron chi connectivity index (χ0n) is 13.5. The number of amides is 1. The Bertz CT molecular complexity index is 628. The monoisotopic (exact) mass is 332 g/mol. The molecule has 2 atom stereocenters. The highest BCUT2D eigenvalue weighted by molar-refractivity contribution is 6.08. The van der Waals surface area contributed by atoms with Gasteiger partial charge in [-0.2, -0.15) is 0 Å². The maximum Gasteiger partial charge on any atom is 0.321 e. The molecule has 2 aliphatic heterocycles. The Kier molecular flexibility index (Phi) is 5.05. The maximum atomic E-state index is 12.6. The summed E-state index contributed by atoms with van der Waals surface area (Å²) in [7, 11) is 0. The van der Waals surface area contributed by atoms with Crippen LogP contribution in [-0.2, 0) is 19.1 Å². The second-order valence-electron chi connectivity index (χ2n) is 5.50. The molecule has 1 aromatic rings. The largest absolute Gasteiger partial charge is 0.465 e. The van der Waals surface area contributed by atoms with Gasteiger partial charge < -0.3 is 14.4 Å². The summed E-state index contributed by atoms with van der Waals surface area (Å²) in [6, 6.07) is 2.92. The summed E-state index contributed by atoms with van der Waals surface area (Å²) in [4.78, 5) is 35.5. The molecule has 0 bridgehead atoms. The Labute approximate surface area is 139 Å². The van der Waals surface area contributed by atoms with E-state index in [2.05, 4.69) is 15.3 Å². The fourth-order valence-electron chi connectivity index (χ4n) is 2.79. The van der Waals surface area contributed by atoms with Crippen LogP contribution in [0.1, 0.15) is 18.5 Å². The first-order chi connectivity index (χ1) is 11.7. The van der Waals surface area contributed by atoms with E-state index in [1.54, 1.807) is 25.4 Å². The van der Waals surface area contributed by atoms with E-state index in [0.717, 1.165) is 0 Å². The molecular weight excluding hydrogens is 312 g/mol. The molecule has 24 heavy (non-hydrogen) atoms. The number of pyridine rings is 1. The molecular formula is C16H20N4O4. The highest BCUT2D eigenvalue weighted by atomic mass is 16.5. The Balaban J connectivity index is 1.94. The van der Waals surface area contributed by atoms with Gasteiger partial charge in [0.05, 0.1) is 19.8 Å². The van der Waals surface area contributed by atoms with E-state index in [0.29, 0.717) is 37.8 Å². The van der Waals surface area contributed by atoms with Crippen LogP contribution in [0.25, 0.3) is 0 Å². The van der Waals surface area contributed by atoms with Gasteiger partial charge in [-0.05, 0) is 18.6 Å². The lowest BCUT2D eigenvalue weighted by atomic mass is 9.92. The molecule has 0 saturated carbocycles. The van der Waals surface area contributed by atoms with Gasteiger partial charge in [0.2, 0.25) is 11.9 Å². The van der Waals surface area contributed by atoms with E-state index >= 15 is 0 Å². The van der Waals surface area contributed by atoms with Crippen molar-refractivity contribution in [3.8, 4) is 0 Å². The Morgan fingerprint density at radius 2 is 2.25 bits per heavy atom. The number of carbonyl (C=O) groups excluding carboxylic acids is 2. The van der Waals surface area contributed by atoms with Crippen LogP contribution in [0.4, 0.5) is 0 Å². The molecule has 1 aromatic heterocycles. The minimum atomic E-state index is -1.01. The quantitative estimate of drug-likeness (QED) is 0.624. The standard InChI is InChI=1S/C16H20N4O4/c1-2-24-15(22)12-13(11-4-3-5-17-10-11)18-16(19-14(12)21)20-6-8-23-9-7-20/h3-5,10,12-13H,2,6-9H2,1H3,(H,18,19,21). The van der Waals surface area contributed by atoms with Crippen molar-refractivity contribution in [2.24, 2.45) is 10.9 Å². The second kappa shape index (κ2) is 7.39. The zero-order chi connectivity index (χ0) is 16.9. The Morgan fingerprint density at radius 1 is 1.46 bits per heavy atom. The number of esters is 1. The SMILES string of the molecule is CCOC(=O)C1C(=O)NC(N2CCOCC2)=NC1c1cccnc1. The predicted octanol–water partition coefficient (Wildman–Crippen LogP) is 0.120. The summed E-state index contributed by atoms with van der Waals surface area (Å²) < 4.78 is 10.4. The van der Waals surface area contributed by atoms with Crippen LogP contribution < -0.4 is 5.32 Å². The second-order valence-corrected chi connectivity index (χ2v) is 5.50. The first-order valence-electron chi connectivity index (χ1n) is 7.98. The van der Waals surface area contributed by atoms with Gasteiger partial charge in [0.15, 0.2) is 5.92 Å². The maximum absolute atomic E-state index is 12.6. The van der Waals surface area contributed by atoms with Crippen molar-refractivity contribution >= 4 is 17.8 Å². The van der Waals surface area contributed by atoms with E-state index in [1.807, 2.05) is 11.0 Å². The first-order valence-corrected chi connectivity index (χ1v) is 7.98. The Hall–Kier alpha value is -2.48. The number of nitrogens with zero attached hydrogens (tertiary/aromatic N) is 3. The number of hydrogen-bond acceptors (Lipinski definition) is 7. The van der Waals surface area contributed by atoms with Gasteiger partial charge in [0.25, 0.3) is 0 Å². The van der Waals surface area contributed by atoms with Crippen molar-refractivity contribution in [1.82, 2.24) is 15.2 Å². The summed E-state index contributed by atoms with van der Waals surface area (Å²) in [5.74, 6) is -1.52. The van der Waals surface area contributed by atoms with Crippen molar-refractivity contribution in [2.45, 2.75) is 13.0 Å². The van der Waals surface area contributed by atoms with Crippen molar-refractivity contribution < 1.29 is 19.1 Å². The summed E-state index contributed by atoms with van der Waals surface area (Å²) in [6.45, 7) is 4.36. The van der Waals surface area contributed by atoms with Crippen LogP contribution in [0, 0.1) is 5.92 Å². The summed E-state index contributed by atoms with van der Waals surface area (Å²) in [5, 5.41) is 2.74. The minimum Gasteiger partial charge on any atom is -0.465 e. The van der Waals surface area contributed by atoms with Gasteiger partial charge in [0, 0.05) is 25.5 Å². The normalized spacial score (nSPS) is 24.1. The van der Waals surface area contributed by atoms with Crippen LogP contribution in [0.2, 0.25) is 0 Å². The first kappa shape index (κ1) is 16.4. The Morgan fingerprint density at radius 3 is 2.92 bits per heavy atom. The molecule has 1 N–H and O–H groups in total. The van der Waals surface area contributed by atoms with E-state index < -0.39 is 23.8 Å². The van der Waals surface area contributed by atoms with Gasteiger partial charge in [-0.1, -0.05) is 6.07 Å². The lowest BCUT2D eigenvalue weighted by Gasteiger charge is -2.35. The van der Waals surface area contributed by atoms with Gasteiger partial charge in [-0.15, -0.1) is 0 Å². The van der Waals surface area contributed by atoms with Crippen LogP contribution in [0.3, 0.4) is 0 Å². The summed E-state index contributed by atoms with van der Waals surface area (Å²) in [5.41, 5.74) is 0.705. The van der Waals surface area contributed by atoms with Gasteiger partial charge in [0.1, 0.15) is 6.04 Å². The highest BCUT2D eigenvalue weighted by Crippen LogP contribution is 2.30. The number of guanidine groups is 1. The molecule has 3 heterocycles. The molecule has 2 aliphatic rings. The molecule has 3 rings (SSSR count). The van der Waals surface area contributed by atoms with Gasteiger partial charge >= 0.3 is 5.97 Å². The number of aliphatic imine (C=N–C) groups is 1. The van der Waals surface area contributed by atoms with Crippen LogP contribution in [0.15, 0.2) is 29.5 Å². The smallest absolute Gasteiger partial charge is 0.321 e.